The van der Waals surface area contributed by atoms with Crippen molar-refractivity contribution in [2.45, 2.75) is 0 Å². The molecule has 1 amide bonds. The van der Waals surface area contributed by atoms with Gasteiger partial charge < -0.3 is 20.4 Å². The Balaban J connectivity index is 1.73. The number of H-pyrrole nitrogens is 1. The van der Waals surface area contributed by atoms with Crippen molar-refractivity contribution in [3.8, 4) is 11.5 Å². The van der Waals surface area contributed by atoms with E-state index in [1.807, 2.05) is 4.90 Å². The molecule has 0 unspecified atom stereocenters. The van der Waals surface area contributed by atoms with Crippen molar-refractivity contribution in [2.75, 3.05) is 31.2 Å². The first kappa shape index (κ1) is 14.6. The van der Waals surface area contributed by atoms with Gasteiger partial charge in [0, 0.05) is 25.4 Å². The molecule has 1 aromatic carbocycles. The molecule has 4 rings (SSSR count). The minimum Gasteiger partial charge on any atom is -0.378 e. The Labute approximate surface area is 136 Å². The predicted octanol–water partition coefficient (Wildman–Crippen LogP) is 1.33. The smallest absolute Gasteiger partial charge is 0.339 e. The van der Waals surface area contributed by atoms with Crippen molar-refractivity contribution in [3.05, 3.63) is 30.2 Å². The molecule has 0 radical (unpaired) electrons. The minimum absolute atomic E-state index is 0.317. The predicted molar refractivity (Wildman–Crippen MR) is 85.3 cm³/mol. The van der Waals surface area contributed by atoms with E-state index in [2.05, 4.69) is 15.1 Å². The molecule has 9 heteroatoms. The molecular weight excluding hydrogens is 315 g/mol. The number of nitrogens with two attached hydrogens (primary N) is 1. The fourth-order valence-corrected chi connectivity index (χ4v) is 2.76. The first-order valence-electron chi connectivity index (χ1n) is 7.49. The Kier molecular flexibility index (Phi) is 3.42. The van der Waals surface area contributed by atoms with E-state index in [0.717, 1.165) is 4.68 Å². The van der Waals surface area contributed by atoms with Crippen LogP contribution < -0.4 is 10.6 Å². The summed E-state index contributed by atoms with van der Waals surface area (Å²) in [5.74, 6) is 0.130. The Bertz CT molecular complexity index is 912. The Hall–Kier alpha value is -2.94. The minimum atomic E-state index is -0.682. The third-order valence-electron chi connectivity index (χ3n) is 3.96. The van der Waals surface area contributed by atoms with Crippen LogP contribution >= 0.6 is 0 Å². The van der Waals surface area contributed by atoms with Crippen molar-refractivity contribution in [1.82, 2.24) is 19.7 Å². The number of amides is 1. The maximum absolute atomic E-state index is 14.4. The number of nitrogens with one attached hydrogen (secondary N) is 1. The van der Waals surface area contributed by atoms with E-state index < -0.39 is 6.03 Å². The van der Waals surface area contributed by atoms with Gasteiger partial charge in [0.1, 0.15) is 11.5 Å². The zero-order valence-electron chi connectivity index (χ0n) is 12.7. The number of hydrogen-bond donors (Lipinski definition) is 2. The Morgan fingerprint density at radius 2 is 2.12 bits per heavy atom. The number of carbonyl (C=O) groups excluding carboxylic acids is 1. The van der Waals surface area contributed by atoms with E-state index in [1.54, 1.807) is 12.1 Å². The summed E-state index contributed by atoms with van der Waals surface area (Å²) >= 11 is 0. The second kappa shape index (κ2) is 5.60. The monoisotopic (exact) mass is 330 g/mol. The van der Waals surface area contributed by atoms with Gasteiger partial charge in [0.15, 0.2) is 5.82 Å². The molecule has 8 nitrogen and oxygen atoms in total. The third-order valence-corrected chi connectivity index (χ3v) is 3.96. The van der Waals surface area contributed by atoms with Crippen LogP contribution in [0.25, 0.3) is 22.6 Å². The molecule has 3 heterocycles. The molecule has 0 atom stereocenters. The number of anilines is 1. The molecule has 24 heavy (non-hydrogen) atoms. The highest BCUT2D eigenvalue weighted by atomic mass is 19.1. The van der Waals surface area contributed by atoms with Crippen LogP contribution in [0.4, 0.5) is 14.9 Å². The SMILES string of the molecule is NC(=O)n1ccc(-c2nc3cc(N4CCOCC4)c(F)cc3[nH]2)n1. The summed E-state index contributed by atoms with van der Waals surface area (Å²) in [4.78, 5) is 20.5. The number of imidazole rings is 1. The van der Waals surface area contributed by atoms with E-state index in [9.17, 15) is 9.18 Å². The molecule has 3 aromatic rings. The standard InChI is InChI=1S/C15H15FN6O2/c16-9-7-11-12(8-13(9)21-3-5-24-6-4-21)19-14(18-11)10-1-2-22(20-10)15(17)23/h1-2,7-8H,3-6H2,(H2,17,23)(H,18,19). The van der Waals surface area contributed by atoms with Gasteiger partial charge in [-0.1, -0.05) is 0 Å². The van der Waals surface area contributed by atoms with Gasteiger partial charge in [-0.05, 0) is 12.1 Å². The van der Waals surface area contributed by atoms with E-state index in [1.165, 1.54) is 12.3 Å². The summed E-state index contributed by atoms with van der Waals surface area (Å²) in [6.45, 7) is 2.44. The van der Waals surface area contributed by atoms with Crippen molar-refractivity contribution >= 4 is 22.8 Å². The lowest BCUT2D eigenvalue weighted by molar-refractivity contribution is 0.122. The van der Waals surface area contributed by atoms with E-state index in [-0.39, 0.29) is 5.82 Å². The molecule has 1 fully saturated rings. The largest absolute Gasteiger partial charge is 0.378 e. The fourth-order valence-electron chi connectivity index (χ4n) is 2.76. The molecule has 3 N–H and O–H groups in total. The fraction of sp³-hybridized carbons (Fsp3) is 0.267. The number of aromatic nitrogens is 4. The lowest BCUT2D eigenvalue weighted by atomic mass is 10.2. The summed E-state index contributed by atoms with van der Waals surface area (Å²) in [5, 5.41) is 4.04. The maximum atomic E-state index is 14.4. The van der Waals surface area contributed by atoms with Crippen molar-refractivity contribution in [2.24, 2.45) is 5.73 Å². The van der Waals surface area contributed by atoms with E-state index in [4.69, 9.17) is 10.5 Å². The molecule has 0 saturated carbocycles. The van der Waals surface area contributed by atoms with Crippen LogP contribution in [-0.4, -0.2) is 52.1 Å². The number of rotatable bonds is 2. The number of hydrogen-bond acceptors (Lipinski definition) is 5. The van der Waals surface area contributed by atoms with Gasteiger partial charge in [0.05, 0.1) is 29.9 Å². The normalized spacial score (nSPS) is 15.1. The average Bonchev–Trinajstić information content (AvgIpc) is 3.21. The van der Waals surface area contributed by atoms with Crippen LogP contribution in [-0.2, 0) is 4.74 Å². The lowest BCUT2D eigenvalue weighted by Gasteiger charge is -2.29. The number of nitrogens with zero attached hydrogens (tertiary/aromatic N) is 4. The molecule has 1 saturated heterocycles. The topological polar surface area (TPSA) is 102 Å². The lowest BCUT2D eigenvalue weighted by Crippen LogP contribution is -2.36. The van der Waals surface area contributed by atoms with Crippen LogP contribution in [0.15, 0.2) is 24.4 Å². The van der Waals surface area contributed by atoms with Gasteiger partial charge in [-0.15, -0.1) is 0 Å². The van der Waals surface area contributed by atoms with Crippen molar-refractivity contribution in [1.29, 1.82) is 0 Å². The Morgan fingerprint density at radius 1 is 1.33 bits per heavy atom. The second-order valence-electron chi connectivity index (χ2n) is 5.49. The third kappa shape index (κ3) is 2.48. The van der Waals surface area contributed by atoms with Gasteiger partial charge in [-0.3, -0.25) is 0 Å². The van der Waals surface area contributed by atoms with Crippen LogP contribution in [0.2, 0.25) is 0 Å². The number of morpholine rings is 1. The highest BCUT2D eigenvalue weighted by molar-refractivity contribution is 5.83. The molecule has 0 spiro atoms. The van der Waals surface area contributed by atoms with Gasteiger partial charge in [0.25, 0.3) is 0 Å². The molecule has 124 valence electrons. The number of benzene rings is 1. The quantitative estimate of drug-likeness (QED) is 0.738. The van der Waals surface area contributed by atoms with E-state index in [0.29, 0.717) is 54.5 Å². The van der Waals surface area contributed by atoms with Crippen LogP contribution in [0, 0.1) is 5.82 Å². The molecule has 1 aliphatic rings. The average molecular weight is 330 g/mol. The number of carbonyl (C=O) groups is 1. The summed E-state index contributed by atoms with van der Waals surface area (Å²) in [6.07, 6.45) is 1.45. The molecule has 2 aromatic heterocycles. The van der Waals surface area contributed by atoms with Gasteiger partial charge in [-0.2, -0.15) is 9.78 Å². The number of primary amides is 1. The highest BCUT2D eigenvalue weighted by Crippen LogP contribution is 2.27. The number of halogens is 1. The highest BCUT2D eigenvalue weighted by Gasteiger charge is 2.18. The first-order chi connectivity index (χ1) is 11.6. The number of ether oxygens (including phenoxy) is 1. The Morgan fingerprint density at radius 3 is 2.83 bits per heavy atom. The summed E-state index contributed by atoms with van der Waals surface area (Å²) < 4.78 is 20.7. The van der Waals surface area contributed by atoms with E-state index >= 15 is 0 Å². The van der Waals surface area contributed by atoms with Crippen molar-refractivity contribution in [3.63, 3.8) is 0 Å². The second-order valence-corrected chi connectivity index (χ2v) is 5.49. The molecular formula is C15H15FN6O2. The molecule has 0 bridgehead atoms. The summed E-state index contributed by atoms with van der Waals surface area (Å²) in [5.41, 5.74) is 7.32. The molecule has 1 aliphatic heterocycles. The number of aromatic amines is 1. The zero-order valence-corrected chi connectivity index (χ0v) is 12.7. The maximum Gasteiger partial charge on any atom is 0.339 e. The zero-order chi connectivity index (χ0) is 16.7. The number of fused-ring (bicyclic) bond motifs is 1. The van der Waals surface area contributed by atoms with Gasteiger partial charge in [-0.25, -0.2) is 14.2 Å². The van der Waals surface area contributed by atoms with Gasteiger partial charge in [0.2, 0.25) is 0 Å². The van der Waals surface area contributed by atoms with Crippen LogP contribution in [0.1, 0.15) is 0 Å². The van der Waals surface area contributed by atoms with Gasteiger partial charge >= 0.3 is 6.03 Å². The van der Waals surface area contributed by atoms with Crippen molar-refractivity contribution < 1.29 is 13.9 Å². The molecule has 0 aliphatic carbocycles. The summed E-state index contributed by atoms with van der Waals surface area (Å²) in [6, 6.07) is 4.06. The van der Waals surface area contributed by atoms with Crippen LogP contribution in [0.5, 0.6) is 0 Å². The first-order valence-corrected chi connectivity index (χ1v) is 7.49. The summed E-state index contributed by atoms with van der Waals surface area (Å²) in [7, 11) is 0. The van der Waals surface area contributed by atoms with Crippen LogP contribution in [0.3, 0.4) is 0 Å².